The van der Waals surface area contributed by atoms with E-state index >= 15 is 0 Å². The Bertz CT molecular complexity index is 390. The smallest absolute Gasteiger partial charge is 0.315 e. The number of amides is 2. The zero-order valence-corrected chi connectivity index (χ0v) is 11.8. The van der Waals surface area contributed by atoms with E-state index in [1.165, 1.54) is 19.3 Å². The molecule has 2 rings (SSSR count). The van der Waals surface area contributed by atoms with Crippen LogP contribution in [0.25, 0.3) is 0 Å². The summed E-state index contributed by atoms with van der Waals surface area (Å²) in [4.78, 5) is 11.9. The summed E-state index contributed by atoms with van der Waals surface area (Å²) in [6, 6.07) is 2.22. The molecule has 5 nitrogen and oxygen atoms in total. The molecule has 2 N–H and O–H groups in total. The molecule has 1 heterocycles. The predicted octanol–water partition coefficient (Wildman–Crippen LogP) is 2.15. The maximum atomic E-state index is 11.9. The van der Waals surface area contributed by atoms with Gasteiger partial charge in [-0.1, -0.05) is 19.8 Å². The van der Waals surface area contributed by atoms with Crippen molar-refractivity contribution in [3.05, 3.63) is 18.5 Å². The monoisotopic (exact) mass is 264 g/mol. The third kappa shape index (κ3) is 4.26. The molecule has 19 heavy (non-hydrogen) atoms. The molecule has 3 atom stereocenters. The van der Waals surface area contributed by atoms with Gasteiger partial charge in [0, 0.05) is 24.5 Å². The van der Waals surface area contributed by atoms with Gasteiger partial charge < -0.3 is 10.6 Å². The number of carbonyl (C=O) groups excluding carboxylic acids is 1. The van der Waals surface area contributed by atoms with Gasteiger partial charge in [-0.2, -0.15) is 5.10 Å². The van der Waals surface area contributed by atoms with Gasteiger partial charge in [0.1, 0.15) is 0 Å². The van der Waals surface area contributed by atoms with E-state index in [1.54, 1.807) is 6.20 Å². The zero-order chi connectivity index (χ0) is 13.7. The highest BCUT2D eigenvalue weighted by molar-refractivity contribution is 5.74. The topological polar surface area (TPSA) is 59.0 Å². The standard InChI is InChI=1S/C14H24N4O/c1-11-6-3-4-7-13(11)17-14(19)16-12(2)10-18-9-5-8-15-18/h5,8-9,11-13H,3-4,6-7,10H2,1-2H3,(H2,16,17,19)/t11-,12+,13-/m0/s1. The fourth-order valence-corrected chi connectivity index (χ4v) is 2.70. The largest absolute Gasteiger partial charge is 0.335 e. The van der Waals surface area contributed by atoms with E-state index in [4.69, 9.17) is 0 Å². The Morgan fingerprint density at radius 3 is 2.95 bits per heavy atom. The van der Waals surface area contributed by atoms with Crippen LogP contribution in [0.1, 0.15) is 39.5 Å². The van der Waals surface area contributed by atoms with E-state index < -0.39 is 0 Å². The van der Waals surface area contributed by atoms with Crippen LogP contribution in [0, 0.1) is 5.92 Å². The summed E-state index contributed by atoms with van der Waals surface area (Å²) in [7, 11) is 0. The van der Waals surface area contributed by atoms with Gasteiger partial charge in [-0.3, -0.25) is 4.68 Å². The highest BCUT2D eigenvalue weighted by atomic mass is 16.2. The fourth-order valence-electron chi connectivity index (χ4n) is 2.70. The highest BCUT2D eigenvalue weighted by Gasteiger charge is 2.23. The molecule has 0 spiro atoms. The normalized spacial score (nSPS) is 24.7. The Morgan fingerprint density at radius 1 is 1.47 bits per heavy atom. The van der Waals surface area contributed by atoms with Gasteiger partial charge in [0.05, 0.1) is 6.54 Å². The average Bonchev–Trinajstić information content (AvgIpc) is 2.84. The first kappa shape index (κ1) is 13.9. The van der Waals surface area contributed by atoms with Gasteiger partial charge in [0.25, 0.3) is 0 Å². The summed E-state index contributed by atoms with van der Waals surface area (Å²) in [5, 5.41) is 10.2. The SMILES string of the molecule is C[C@H](Cn1cccn1)NC(=O)N[C@H]1CCCC[C@@H]1C. The lowest BCUT2D eigenvalue weighted by Crippen LogP contribution is -2.49. The first-order valence-electron chi connectivity index (χ1n) is 7.19. The maximum absolute atomic E-state index is 11.9. The first-order valence-corrected chi connectivity index (χ1v) is 7.19. The minimum Gasteiger partial charge on any atom is -0.335 e. The number of nitrogens with one attached hydrogen (secondary N) is 2. The van der Waals surface area contributed by atoms with E-state index in [0.29, 0.717) is 18.5 Å². The molecular formula is C14H24N4O. The van der Waals surface area contributed by atoms with Crippen LogP contribution in [0.15, 0.2) is 18.5 Å². The van der Waals surface area contributed by atoms with Gasteiger partial charge in [-0.15, -0.1) is 0 Å². The van der Waals surface area contributed by atoms with Crippen molar-refractivity contribution in [3.8, 4) is 0 Å². The number of rotatable bonds is 4. The minimum atomic E-state index is -0.0570. The molecule has 0 aromatic carbocycles. The van der Waals surface area contributed by atoms with Gasteiger partial charge in [-0.25, -0.2) is 4.79 Å². The number of aromatic nitrogens is 2. The molecule has 0 bridgehead atoms. The fraction of sp³-hybridized carbons (Fsp3) is 0.714. The average molecular weight is 264 g/mol. The molecule has 0 radical (unpaired) electrons. The molecule has 1 aromatic rings. The van der Waals surface area contributed by atoms with Crippen molar-refractivity contribution in [1.29, 1.82) is 0 Å². The van der Waals surface area contributed by atoms with Crippen LogP contribution >= 0.6 is 0 Å². The van der Waals surface area contributed by atoms with E-state index in [1.807, 2.05) is 23.9 Å². The van der Waals surface area contributed by atoms with Gasteiger partial charge in [-0.05, 0) is 31.7 Å². The quantitative estimate of drug-likeness (QED) is 0.875. The maximum Gasteiger partial charge on any atom is 0.315 e. The van der Waals surface area contributed by atoms with Crippen LogP contribution in [-0.4, -0.2) is 27.9 Å². The second-order valence-corrected chi connectivity index (χ2v) is 5.62. The summed E-state index contributed by atoms with van der Waals surface area (Å²) in [6.45, 7) is 4.91. The molecular weight excluding hydrogens is 240 g/mol. The molecule has 1 saturated carbocycles. The van der Waals surface area contributed by atoms with E-state index in [-0.39, 0.29) is 12.1 Å². The van der Waals surface area contributed by atoms with Crippen LogP contribution in [0.2, 0.25) is 0 Å². The minimum absolute atomic E-state index is 0.0570. The number of hydrogen-bond donors (Lipinski definition) is 2. The first-order chi connectivity index (χ1) is 9.15. The zero-order valence-electron chi connectivity index (χ0n) is 11.8. The van der Waals surface area contributed by atoms with Crippen molar-refractivity contribution in [3.63, 3.8) is 0 Å². The summed E-state index contributed by atoms with van der Waals surface area (Å²) >= 11 is 0. The lowest BCUT2D eigenvalue weighted by molar-refractivity contribution is 0.217. The van der Waals surface area contributed by atoms with Crippen molar-refractivity contribution < 1.29 is 4.79 Å². The summed E-state index contributed by atoms with van der Waals surface area (Å²) in [5.41, 5.74) is 0. The Morgan fingerprint density at radius 2 is 2.26 bits per heavy atom. The third-order valence-electron chi connectivity index (χ3n) is 3.83. The van der Waals surface area contributed by atoms with Crippen molar-refractivity contribution in [2.24, 2.45) is 5.92 Å². The number of carbonyl (C=O) groups is 1. The molecule has 5 heteroatoms. The van der Waals surface area contributed by atoms with Crippen molar-refractivity contribution >= 4 is 6.03 Å². The van der Waals surface area contributed by atoms with Crippen LogP contribution in [-0.2, 0) is 6.54 Å². The van der Waals surface area contributed by atoms with Gasteiger partial charge in [0.2, 0.25) is 0 Å². The second kappa shape index (κ2) is 6.59. The Labute approximate surface area is 114 Å². The summed E-state index contributed by atoms with van der Waals surface area (Å²) < 4.78 is 1.83. The highest BCUT2D eigenvalue weighted by Crippen LogP contribution is 2.23. The Balaban J connectivity index is 1.74. The summed E-state index contributed by atoms with van der Waals surface area (Å²) in [6.07, 6.45) is 8.47. The van der Waals surface area contributed by atoms with Crippen molar-refractivity contribution in [2.45, 2.75) is 58.2 Å². The molecule has 1 aliphatic carbocycles. The number of hydrogen-bond acceptors (Lipinski definition) is 2. The van der Waals surface area contributed by atoms with Crippen LogP contribution in [0.5, 0.6) is 0 Å². The molecule has 1 aromatic heterocycles. The lowest BCUT2D eigenvalue weighted by Gasteiger charge is -2.30. The molecule has 106 valence electrons. The molecule has 1 fully saturated rings. The molecule has 2 amide bonds. The van der Waals surface area contributed by atoms with E-state index in [9.17, 15) is 4.79 Å². The number of nitrogens with zero attached hydrogens (tertiary/aromatic N) is 2. The van der Waals surface area contributed by atoms with E-state index in [0.717, 1.165) is 6.42 Å². The van der Waals surface area contributed by atoms with Crippen LogP contribution < -0.4 is 10.6 Å². The molecule has 1 aliphatic rings. The molecule has 0 unspecified atom stereocenters. The van der Waals surface area contributed by atoms with Gasteiger partial charge >= 0.3 is 6.03 Å². The molecule has 0 aliphatic heterocycles. The van der Waals surface area contributed by atoms with Crippen molar-refractivity contribution in [1.82, 2.24) is 20.4 Å². The van der Waals surface area contributed by atoms with Crippen LogP contribution in [0.3, 0.4) is 0 Å². The van der Waals surface area contributed by atoms with Gasteiger partial charge in [0.15, 0.2) is 0 Å². The third-order valence-corrected chi connectivity index (χ3v) is 3.83. The second-order valence-electron chi connectivity index (χ2n) is 5.62. The molecule has 0 saturated heterocycles. The number of urea groups is 1. The van der Waals surface area contributed by atoms with Crippen molar-refractivity contribution in [2.75, 3.05) is 0 Å². The van der Waals surface area contributed by atoms with E-state index in [2.05, 4.69) is 22.7 Å². The Hall–Kier alpha value is -1.52. The predicted molar refractivity (Wildman–Crippen MR) is 74.8 cm³/mol. The summed E-state index contributed by atoms with van der Waals surface area (Å²) in [5.74, 6) is 0.584. The lowest BCUT2D eigenvalue weighted by atomic mass is 9.86. The van der Waals surface area contributed by atoms with Crippen LogP contribution in [0.4, 0.5) is 4.79 Å². The Kier molecular flexibility index (Phi) is 4.82.